The molecule has 3 heterocycles. The van der Waals surface area contributed by atoms with E-state index in [4.69, 9.17) is 46.9 Å². The fourth-order valence-electron chi connectivity index (χ4n) is 7.09. The first-order valence-corrected chi connectivity index (χ1v) is 23.8. The molecule has 0 atom stereocenters. The smallest absolute Gasteiger partial charge is 0.488 e. The Morgan fingerprint density at radius 2 is 0.903 bits per heavy atom. The van der Waals surface area contributed by atoms with E-state index in [9.17, 15) is 10.5 Å². The lowest BCUT2D eigenvalue weighted by Crippen LogP contribution is -2.29. The number of halogens is 3. The number of rotatable bonds is 11. The Hall–Kier alpha value is -7.79. The number of pyridine rings is 3. The van der Waals surface area contributed by atoms with Gasteiger partial charge >= 0.3 is 7.12 Å². The molecule has 360 valence electrons. The normalized spacial score (nSPS) is 10.1. The number of fused-ring (bicyclic) bond motifs is 3. The summed E-state index contributed by atoms with van der Waals surface area (Å²) >= 11 is 12.8. The highest BCUT2D eigenvalue weighted by molar-refractivity contribution is 9.10. The van der Waals surface area contributed by atoms with E-state index in [-0.39, 0.29) is 0 Å². The minimum absolute atomic E-state index is 0.373. The molecule has 0 radical (unpaired) electrons. The summed E-state index contributed by atoms with van der Waals surface area (Å²) in [5.74, 6) is 1.99. The summed E-state index contributed by atoms with van der Waals surface area (Å²) in [4.78, 5) is 12.8. The van der Waals surface area contributed by atoms with Crippen LogP contribution in [0.1, 0.15) is 33.4 Å². The number of nitrogens with one attached hydrogen (secondary N) is 2. The lowest BCUT2D eigenvalue weighted by atomic mass is 9.80. The highest BCUT2D eigenvalue weighted by Gasteiger charge is 2.15. The lowest BCUT2D eigenvalue weighted by molar-refractivity contribution is 0.419. The SMILES string of the molecule is COc1cccc2c(Cl)c(C#N)cnc12.COc1cccc2c(NCc3ccc(B(O)O)cc3)c(C#N)cnc12.COc1cccc2c(NCc3ccc(Br)cc3)c(C#N)cnc12.NCc1ccc(Br)cc1. The summed E-state index contributed by atoms with van der Waals surface area (Å²) in [5, 5.41) is 55.3. The van der Waals surface area contributed by atoms with Gasteiger partial charge in [-0.3, -0.25) is 15.0 Å². The van der Waals surface area contributed by atoms with Gasteiger partial charge in [-0.1, -0.05) is 128 Å². The Bertz CT molecular complexity index is 3430. The van der Waals surface area contributed by atoms with Gasteiger partial charge < -0.3 is 40.6 Å². The van der Waals surface area contributed by atoms with Crippen LogP contribution in [0.25, 0.3) is 32.7 Å². The number of para-hydroxylation sites is 3. The van der Waals surface area contributed by atoms with Crippen molar-refractivity contribution < 1.29 is 24.3 Å². The van der Waals surface area contributed by atoms with Gasteiger partial charge in [0.1, 0.15) is 52.0 Å². The Morgan fingerprint density at radius 1 is 0.542 bits per heavy atom. The molecule has 9 rings (SSSR count). The summed E-state index contributed by atoms with van der Waals surface area (Å²) < 4.78 is 18.0. The molecular formula is C54H45BBr2ClN9O5. The van der Waals surface area contributed by atoms with Crippen molar-refractivity contribution in [3.05, 3.63) is 193 Å². The van der Waals surface area contributed by atoms with Crippen LogP contribution in [0.5, 0.6) is 17.2 Å². The Balaban J connectivity index is 0.000000166. The number of anilines is 2. The molecule has 18 heteroatoms. The highest BCUT2D eigenvalue weighted by Crippen LogP contribution is 2.34. The second-order valence-electron chi connectivity index (χ2n) is 15.3. The molecule has 0 aliphatic heterocycles. The van der Waals surface area contributed by atoms with Crippen LogP contribution in [-0.4, -0.2) is 53.4 Å². The minimum atomic E-state index is -1.48. The first-order valence-electron chi connectivity index (χ1n) is 21.8. The fraction of sp³-hybridized carbons (Fsp3) is 0.111. The number of ether oxygens (including phenoxy) is 3. The van der Waals surface area contributed by atoms with Crippen LogP contribution < -0.4 is 36.0 Å². The molecule has 0 unspecified atom stereocenters. The largest absolute Gasteiger partial charge is 0.494 e. The lowest BCUT2D eigenvalue weighted by Gasteiger charge is -2.13. The maximum absolute atomic E-state index is 9.38. The zero-order valence-corrected chi connectivity index (χ0v) is 43.0. The monoisotopic (exact) mass is 1100 g/mol. The molecule has 0 aliphatic carbocycles. The van der Waals surface area contributed by atoms with E-state index in [0.29, 0.717) is 80.8 Å². The van der Waals surface area contributed by atoms with E-state index in [2.05, 4.69) is 69.6 Å². The molecule has 14 nitrogen and oxygen atoms in total. The second kappa shape index (κ2) is 26.4. The first kappa shape index (κ1) is 53.6. The summed E-state index contributed by atoms with van der Waals surface area (Å²) in [5.41, 5.74) is 14.0. The van der Waals surface area contributed by atoms with Crippen molar-refractivity contribution in [2.75, 3.05) is 32.0 Å². The molecule has 6 N–H and O–H groups in total. The van der Waals surface area contributed by atoms with E-state index in [1.165, 1.54) is 18.0 Å². The average Bonchev–Trinajstić information content (AvgIpc) is 3.42. The average molecular weight is 1110 g/mol. The van der Waals surface area contributed by atoms with E-state index in [1.807, 2.05) is 103 Å². The van der Waals surface area contributed by atoms with Crippen LogP contribution in [-0.2, 0) is 19.6 Å². The predicted octanol–water partition coefficient (Wildman–Crippen LogP) is 10.6. The van der Waals surface area contributed by atoms with Crippen LogP contribution in [0.15, 0.2) is 155 Å². The molecule has 0 fully saturated rings. The van der Waals surface area contributed by atoms with Gasteiger partial charge in [-0.05, 0) is 64.6 Å². The molecule has 0 aliphatic rings. The number of hydrogen-bond donors (Lipinski definition) is 5. The molecule has 72 heavy (non-hydrogen) atoms. The third kappa shape index (κ3) is 13.5. The first-order chi connectivity index (χ1) is 35.0. The van der Waals surface area contributed by atoms with E-state index < -0.39 is 7.12 Å². The van der Waals surface area contributed by atoms with Crippen LogP contribution in [0.4, 0.5) is 11.4 Å². The van der Waals surface area contributed by atoms with Gasteiger partial charge in [0.15, 0.2) is 0 Å². The molecule has 3 aromatic heterocycles. The van der Waals surface area contributed by atoms with Crippen molar-refractivity contribution in [3.63, 3.8) is 0 Å². The third-order valence-corrected chi connectivity index (χ3v) is 12.3. The number of nitriles is 3. The van der Waals surface area contributed by atoms with Crippen molar-refractivity contribution in [3.8, 4) is 35.5 Å². The Labute approximate surface area is 438 Å². The predicted molar refractivity (Wildman–Crippen MR) is 291 cm³/mol. The zero-order chi connectivity index (χ0) is 51.6. The number of nitrogens with two attached hydrogens (primary N) is 1. The summed E-state index contributed by atoms with van der Waals surface area (Å²) in [7, 11) is 3.29. The van der Waals surface area contributed by atoms with Crippen molar-refractivity contribution in [1.29, 1.82) is 15.8 Å². The van der Waals surface area contributed by atoms with Crippen molar-refractivity contribution in [2.45, 2.75) is 19.6 Å². The number of benzene rings is 6. The maximum Gasteiger partial charge on any atom is 0.488 e. The number of aromatic nitrogens is 3. The van der Waals surface area contributed by atoms with Gasteiger partial charge in [0, 0.05) is 63.3 Å². The van der Waals surface area contributed by atoms with Crippen molar-refractivity contribution >= 4 is 100 Å². The molecular weight excluding hydrogens is 1060 g/mol. The highest BCUT2D eigenvalue weighted by atomic mass is 79.9. The minimum Gasteiger partial charge on any atom is -0.494 e. The quantitative estimate of drug-likeness (QED) is 0.0760. The van der Waals surface area contributed by atoms with Gasteiger partial charge in [0.05, 0.1) is 54.4 Å². The number of methoxy groups -OCH3 is 3. The van der Waals surface area contributed by atoms with Gasteiger partial charge in [0.25, 0.3) is 0 Å². The van der Waals surface area contributed by atoms with Gasteiger partial charge in [-0.15, -0.1) is 0 Å². The van der Waals surface area contributed by atoms with Crippen LogP contribution in [0, 0.1) is 34.0 Å². The number of hydrogen-bond acceptors (Lipinski definition) is 14. The molecule has 0 bridgehead atoms. The number of nitrogens with zero attached hydrogens (tertiary/aromatic N) is 6. The molecule has 9 aromatic rings. The molecule has 0 saturated carbocycles. The fourth-order valence-corrected chi connectivity index (χ4v) is 7.86. The summed E-state index contributed by atoms with van der Waals surface area (Å²) in [6.07, 6.45) is 4.56. The zero-order valence-electron chi connectivity index (χ0n) is 39.1. The molecule has 0 saturated heterocycles. The third-order valence-electron chi connectivity index (χ3n) is 10.8. The van der Waals surface area contributed by atoms with Crippen LogP contribution in [0.2, 0.25) is 5.02 Å². The molecule has 0 amide bonds. The second-order valence-corrected chi connectivity index (χ2v) is 17.5. The van der Waals surface area contributed by atoms with Gasteiger partial charge in [-0.2, -0.15) is 15.8 Å². The summed E-state index contributed by atoms with van der Waals surface area (Å²) in [6, 6.07) is 46.0. The summed E-state index contributed by atoms with van der Waals surface area (Å²) in [6.45, 7) is 1.72. The Morgan fingerprint density at radius 3 is 1.28 bits per heavy atom. The van der Waals surface area contributed by atoms with Crippen molar-refractivity contribution in [2.24, 2.45) is 5.73 Å². The van der Waals surface area contributed by atoms with E-state index in [0.717, 1.165) is 47.4 Å². The molecule has 6 aromatic carbocycles. The van der Waals surface area contributed by atoms with Gasteiger partial charge in [0.2, 0.25) is 0 Å². The maximum atomic E-state index is 9.38. The van der Waals surface area contributed by atoms with Gasteiger partial charge in [-0.25, -0.2) is 0 Å². The van der Waals surface area contributed by atoms with Crippen LogP contribution in [0.3, 0.4) is 0 Å². The van der Waals surface area contributed by atoms with Crippen molar-refractivity contribution in [1.82, 2.24) is 15.0 Å². The van der Waals surface area contributed by atoms with E-state index >= 15 is 0 Å². The standard InChI is InChI=1S/C18H16BN3O3.C18H14BrN3O.C11H7ClN2O.C7H8BrN/c1-25-16-4-2-3-15-17(13(9-20)11-22-18(15)16)21-10-12-5-7-14(8-6-12)19(23)24;1-23-16-4-2-3-15-17(13(9-20)11-22-18(15)16)21-10-12-5-7-14(19)8-6-12;1-15-9-4-2-3-8-10(12)7(5-13)6-14-11(8)9;8-7-3-1-6(5-9)2-4-7/h2-8,11,23-24H,10H2,1H3,(H,21,22);2-8,11H,10H2,1H3,(H,21,22);2-4,6H,1H3;1-4H,5,9H2. The topological polar surface area (TPSA) is 228 Å². The molecule has 0 spiro atoms. The Kier molecular flexibility index (Phi) is 19.7. The van der Waals surface area contributed by atoms with Crippen LogP contribution >= 0.6 is 43.5 Å². The van der Waals surface area contributed by atoms with E-state index in [1.54, 1.807) is 57.9 Å².